The van der Waals surface area contributed by atoms with Crippen molar-refractivity contribution in [3.05, 3.63) is 22.2 Å². The lowest BCUT2D eigenvalue weighted by atomic mass is 10.1. The molecule has 0 bridgehead atoms. The van der Waals surface area contributed by atoms with Gasteiger partial charge in [-0.15, -0.1) is 0 Å². The SMILES string of the molecule is Clc1ncnc(Cl)c1C1COCCN1. The fourth-order valence-corrected chi connectivity index (χ4v) is 1.97. The van der Waals surface area contributed by atoms with E-state index in [9.17, 15) is 0 Å². The van der Waals surface area contributed by atoms with Crippen molar-refractivity contribution < 1.29 is 4.74 Å². The Hall–Kier alpha value is -0.420. The number of halogens is 2. The predicted molar refractivity (Wildman–Crippen MR) is 53.6 cm³/mol. The van der Waals surface area contributed by atoms with Crippen LogP contribution in [-0.4, -0.2) is 29.7 Å². The smallest absolute Gasteiger partial charge is 0.138 e. The summed E-state index contributed by atoms with van der Waals surface area (Å²) in [5, 5.41) is 4.01. The summed E-state index contributed by atoms with van der Waals surface area (Å²) in [4.78, 5) is 7.78. The van der Waals surface area contributed by atoms with Gasteiger partial charge in [-0.25, -0.2) is 9.97 Å². The number of rotatable bonds is 1. The Morgan fingerprint density at radius 1 is 1.36 bits per heavy atom. The molecule has 1 aliphatic heterocycles. The zero-order valence-corrected chi connectivity index (χ0v) is 8.85. The largest absolute Gasteiger partial charge is 0.378 e. The van der Waals surface area contributed by atoms with Crippen LogP contribution < -0.4 is 5.32 Å². The highest BCUT2D eigenvalue weighted by Crippen LogP contribution is 2.27. The van der Waals surface area contributed by atoms with Gasteiger partial charge in [0, 0.05) is 12.1 Å². The average molecular weight is 234 g/mol. The quantitative estimate of drug-likeness (QED) is 0.747. The van der Waals surface area contributed by atoms with Crippen LogP contribution >= 0.6 is 23.2 Å². The minimum atomic E-state index is -0.00931. The number of nitrogens with one attached hydrogen (secondary N) is 1. The van der Waals surface area contributed by atoms with Crippen LogP contribution in [0.1, 0.15) is 11.6 Å². The molecule has 0 aliphatic carbocycles. The summed E-state index contributed by atoms with van der Waals surface area (Å²) >= 11 is 11.9. The van der Waals surface area contributed by atoms with Crippen molar-refractivity contribution in [1.29, 1.82) is 0 Å². The number of aromatic nitrogens is 2. The molecule has 0 saturated carbocycles. The molecule has 1 aromatic heterocycles. The molecule has 1 unspecified atom stereocenters. The highest BCUT2D eigenvalue weighted by atomic mass is 35.5. The summed E-state index contributed by atoms with van der Waals surface area (Å²) < 4.78 is 5.31. The van der Waals surface area contributed by atoms with Gasteiger partial charge in [0.2, 0.25) is 0 Å². The van der Waals surface area contributed by atoms with E-state index >= 15 is 0 Å². The van der Waals surface area contributed by atoms with E-state index in [1.807, 2.05) is 0 Å². The van der Waals surface area contributed by atoms with Crippen molar-refractivity contribution in [2.45, 2.75) is 6.04 Å². The lowest BCUT2D eigenvalue weighted by Gasteiger charge is -2.24. The average Bonchev–Trinajstić information content (AvgIpc) is 2.19. The van der Waals surface area contributed by atoms with Crippen LogP contribution in [-0.2, 0) is 4.74 Å². The van der Waals surface area contributed by atoms with E-state index < -0.39 is 0 Å². The van der Waals surface area contributed by atoms with Crippen molar-refractivity contribution in [3.63, 3.8) is 0 Å². The summed E-state index contributed by atoms with van der Waals surface area (Å²) in [6.45, 7) is 2.04. The van der Waals surface area contributed by atoms with Gasteiger partial charge < -0.3 is 10.1 Å². The molecular weight excluding hydrogens is 225 g/mol. The Labute approximate surface area is 91.6 Å². The normalized spacial score (nSPS) is 22.3. The van der Waals surface area contributed by atoms with Gasteiger partial charge >= 0.3 is 0 Å². The maximum atomic E-state index is 5.93. The van der Waals surface area contributed by atoms with Gasteiger partial charge in [0.15, 0.2) is 0 Å². The first-order valence-corrected chi connectivity index (χ1v) is 5.01. The zero-order chi connectivity index (χ0) is 9.97. The third kappa shape index (κ3) is 1.98. The van der Waals surface area contributed by atoms with Gasteiger partial charge in [0.25, 0.3) is 0 Å². The first kappa shape index (κ1) is 10.1. The van der Waals surface area contributed by atoms with Crippen LogP contribution in [0.25, 0.3) is 0 Å². The van der Waals surface area contributed by atoms with E-state index in [0.29, 0.717) is 23.5 Å². The number of hydrogen-bond donors (Lipinski definition) is 1. The lowest BCUT2D eigenvalue weighted by molar-refractivity contribution is 0.0767. The minimum absolute atomic E-state index is 0.00931. The molecule has 76 valence electrons. The molecule has 6 heteroatoms. The molecule has 1 aromatic rings. The van der Waals surface area contributed by atoms with Gasteiger partial charge in [-0.3, -0.25) is 0 Å². The fraction of sp³-hybridized carbons (Fsp3) is 0.500. The topological polar surface area (TPSA) is 47.0 Å². The Kier molecular flexibility index (Phi) is 3.18. The molecule has 0 radical (unpaired) electrons. The van der Waals surface area contributed by atoms with E-state index in [1.165, 1.54) is 6.33 Å². The highest BCUT2D eigenvalue weighted by molar-refractivity contribution is 6.34. The Morgan fingerprint density at radius 2 is 2.07 bits per heavy atom. The van der Waals surface area contributed by atoms with Gasteiger partial charge in [0.05, 0.1) is 19.3 Å². The minimum Gasteiger partial charge on any atom is -0.378 e. The summed E-state index contributed by atoms with van der Waals surface area (Å²) in [5.74, 6) is 0. The van der Waals surface area contributed by atoms with Crippen molar-refractivity contribution in [3.8, 4) is 0 Å². The lowest BCUT2D eigenvalue weighted by Crippen LogP contribution is -2.35. The molecule has 2 heterocycles. The van der Waals surface area contributed by atoms with Crippen molar-refractivity contribution in [1.82, 2.24) is 15.3 Å². The second kappa shape index (κ2) is 4.40. The van der Waals surface area contributed by atoms with Gasteiger partial charge in [0.1, 0.15) is 16.6 Å². The van der Waals surface area contributed by atoms with Crippen LogP contribution in [0.15, 0.2) is 6.33 Å². The molecule has 0 spiro atoms. The van der Waals surface area contributed by atoms with E-state index in [-0.39, 0.29) is 6.04 Å². The van der Waals surface area contributed by atoms with Crippen molar-refractivity contribution in [2.75, 3.05) is 19.8 Å². The first-order chi connectivity index (χ1) is 6.79. The second-order valence-electron chi connectivity index (χ2n) is 2.95. The van der Waals surface area contributed by atoms with Crippen LogP contribution in [0.4, 0.5) is 0 Å². The third-order valence-corrected chi connectivity index (χ3v) is 2.66. The van der Waals surface area contributed by atoms with Crippen molar-refractivity contribution in [2.24, 2.45) is 0 Å². The Balaban J connectivity index is 2.29. The summed E-state index contributed by atoms with van der Waals surface area (Å²) in [7, 11) is 0. The monoisotopic (exact) mass is 233 g/mol. The summed E-state index contributed by atoms with van der Waals surface area (Å²) in [6.07, 6.45) is 1.35. The third-order valence-electron chi connectivity index (χ3n) is 2.06. The molecule has 2 rings (SSSR count). The van der Waals surface area contributed by atoms with E-state index in [0.717, 1.165) is 12.1 Å². The highest BCUT2D eigenvalue weighted by Gasteiger charge is 2.21. The van der Waals surface area contributed by atoms with Gasteiger partial charge in [-0.1, -0.05) is 23.2 Å². The van der Waals surface area contributed by atoms with Crippen LogP contribution in [0.5, 0.6) is 0 Å². The van der Waals surface area contributed by atoms with Crippen LogP contribution in [0, 0.1) is 0 Å². The summed E-state index contributed by atoms with van der Waals surface area (Å²) in [6, 6.07) is -0.00931. The fourth-order valence-electron chi connectivity index (χ4n) is 1.39. The maximum absolute atomic E-state index is 5.93. The van der Waals surface area contributed by atoms with Gasteiger partial charge in [-0.05, 0) is 0 Å². The Bertz CT molecular complexity index is 308. The van der Waals surface area contributed by atoms with Crippen LogP contribution in [0.2, 0.25) is 10.3 Å². The van der Waals surface area contributed by atoms with Crippen LogP contribution in [0.3, 0.4) is 0 Å². The molecule has 1 aliphatic rings. The standard InChI is InChI=1S/C8H9Cl2N3O/c9-7-6(8(10)13-4-12-7)5-3-14-2-1-11-5/h4-5,11H,1-3H2. The Morgan fingerprint density at radius 3 is 2.64 bits per heavy atom. The number of nitrogens with zero attached hydrogens (tertiary/aromatic N) is 2. The van der Waals surface area contributed by atoms with Gasteiger partial charge in [-0.2, -0.15) is 0 Å². The van der Waals surface area contributed by atoms with E-state index in [1.54, 1.807) is 0 Å². The molecule has 0 aromatic carbocycles. The molecule has 1 N–H and O–H groups in total. The molecule has 14 heavy (non-hydrogen) atoms. The predicted octanol–water partition coefficient (Wildman–Crippen LogP) is 1.44. The number of ether oxygens (including phenoxy) is 1. The number of hydrogen-bond acceptors (Lipinski definition) is 4. The maximum Gasteiger partial charge on any atom is 0.138 e. The number of morpholine rings is 1. The molecule has 4 nitrogen and oxygen atoms in total. The van der Waals surface area contributed by atoms with E-state index in [4.69, 9.17) is 27.9 Å². The molecule has 1 atom stereocenters. The zero-order valence-electron chi connectivity index (χ0n) is 7.33. The first-order valence-electron chi connectivity index (χ1n) is 4.26. The molecular formula is C8H9Cl2N3O. The second-order valence-corrected chi connectivity index (χ2v) is 3.67. The summed E-state index contributed by atoms with van der Waals surface area (Å²) in [5.41, 5.74) is 0.718. The molecule has 1 fully saturated rings. The molecule has 1 saturated heterocycles. The van der Waals surface area contributed by atoms with E-state index in [2.05, 4.69) is 15.3 Å². The molecule has 0 amide bonds. The van der Waals surface area contributed by atoms with Crippen molar-refractivity contribution >= 4 is 23.2 Å².